The molecular weight excluding hydrogens is 402 g/mol. The van der Waals surface area contributed by atoms with Crippen LogP contribution >= 0.6 is 23.1 Å². The second kappa shape index (κ2) is 8.63. The van der Waals surface area contributed by atoms with Gasteiger partial charge in [0.05, 0.1) is 5.25 Å². The van der Waals surface area contributed by atoms with E-state index in [2.05, 4.69) is 15.3 Å². The molecule has 1 N–H and O–H groups in total. The Kier molecular flexibility index (Phi) is 5.96. The number of amides is 1. The quantitative estimate of drug-likeness (QED) is 0.330. The molecule has 0 bridgehead atoms. The molecule has 4 rings (SSSR count). The number of thiophene rings is 1. The van der Waals surface area contributed by atoms with Crippen molar-refractivity contribution in [2.75, 3.05) is 5.32 Å². The number of Topliss-reactive ketones (excluding diaryl/α,β-unsaturated/α-hetero) is 1. The number of nitrogens with zero attached hydrogens (tertiary/aromatic N) is 2. The maximum absolute atomic E-state index is 12.9. The summed E-state index contributed by atoms with van der Waals surface area (Å²) in [5.41, 5.74) is 2.71. The van der Waals surface area contributed by atoms with Crippen LogP contribution in [0.15, 0.2) is 35.6 Å². The van der Waals surface area contributed by atoms with E-state index >= 15 is 0 Å². The Morgan fingerprint density at radius 1 is 1.17 bits per heavy atom. The molecule has 1 aliphatic rings. The third-order valence-electron chi connectivity index (χ3n) is 5.19. The standard InChI is InChI=1S/C22H23N3O2S2/c1-3-17(20(27)25-15-10-8-14(9-11-15)13(2)26)28-21-19-16-6-4-5-7-18(16)29-22(19)24-12-23-21/h8-12,17H,3-7H2,1-2H3,(H,25,27). The molecule has 0 saturated carbocycles. The number of hydrogen-bond acceptors (Lipinski definition) is 6. The Bertz CT molecular complexity index is 1060. The summed E-state index contributed by atoms with van der Waals surface area (Å²) in [6, 6.07) is 7.00. The molecular formula is C22H23N3O2S2. The Morgan fingerprint density at radius 3 is 2.66 bits per heavy atom. The highest BCUT2D eigenvalue weighted by atomic mass is 32.2. The van der Waals surface area contributed by atoms with Crippen molar-refractivity contribution in [1.29, 1.82) is 0 Å². The van der Waals surface area contributed by atoms with E-state index in [4.69, 9.17) is 0 Å². The average molecular weight is 426 g/mol. The van der Waals surface area contributed by atoms with Crippen LogP contribution in [-0.2, 0) is 17.6 Å². The first-order valence-electron chi connectivity index (χ1n) is 9.90. The summed E-state index contributed by atoms with van der Waals surface area (Å²) in [7, 11) is 0. The molecule has 1 aliphatic carbocycles. The maximum atomic E-state index is 12.9. The van der Waals surface area contributed by atoms with E-state index in [1.165, 1.54) is 42.0 Å². The lowest BCUT2D eigenvalue weighted by Crippen LogP contribution is -2.24. The molecule has 29 heavy (non-hydrogen) atoms. The van der Waals surface area contributed by atoms with Gasteiger partial charge in [0.1, 0.15) is 16.2 Å². The maximum Gasteiger partial charge on any atom is 0.237 e. The fourth-order valence-corrected chi connectivity index (χ4v) is 5.96. The first-order valence-corrected chi connectivity index (χ1v) is 11.6. The minimum Gasteiger partial charge on any atom is -0.325 e. The highest BCUT2D eigenvalue weighted by molar-refractivity contribution is 8.00. The van der Waals surface area contributed by atoms with Crippen molar-refractivity contribution in [2.24, 2.45) is 0 Å². The van der Waals surface area contributed by atoms with Gasteiger partial charge in [0.2, 0.25) is 5.91 Å². The van der Waals surface area contributed by atoms with Gasteiger partial charge < -0.3 is 5.32 Å². The predicted octanol–water partition coefficient (Wildman–Crippen LogP) is 5.28. The minimum absolute atomic E-state index is 0.0109. The molecule has 0 saturated heterocycles. The van der Waals surface area contributed by atoms with Gasteiger partial charge in [-0.1, -0.05) is 18.7 Å². The van der Waals surface area contributed by atoms with Crippen LogP contribution in [0.4, 0.5) is 5.69 Å². The molecule has 0 aliphatic heterocycles. The summed E-state index contributed by atoms with van der Waals surface area (Å²) in [4.78, 5) is 35.8. The van der Waals surface area contributed by atoms with Crippen molar-refractivity contribution in [3.8, 4) is 0 Å². The highest BCUT2D eigenvalue weighted by Gasteiger charge is 2.24. The molecule has 1 atom stereocenters. The molecule has 2 heterocycles. The van der Waals surface area contributed by atoms with E-state index in [0.717, 1.165) is 28.1 Å². The van der Waals surface area contributed by atoms with Crippen LogP contribution in [0.2, 0.25) is 0 Å². The lowest BCUT2D eigenvalue weighted by Gasteiger charge is -2.16. The molecule has 3 aromatic rings. The molecule has 0 radical (unpaired) electrons. The molecule has 1 aromatic carbocycles. The smallest absolute Gasteiger partial charge is 0.237 e. The number of fused-ring (bicyclic) bond motifs is 3. The van der Waals surface area contributed by atoms with Crippen LogP contribution in [0.5, 0.6) is 0 Å². The summed E-state index contributed by atoms with van der Waals surface area (Å²) >= 11 is 3.29. The van der Waals surface area contributed by atoms with E-state index in [0.29, 0.717) is 17.7 Å². The van der Waals surface area contributed by atoms with Gasteiger partial charge in [-0.05, 0) is 68.9 Å². The first kappa shape index (κ1) is 20.0. The highest BCUT2D eigenvalue weighted by Crippen LogP contribution is 2.40. The van der Waals surface area contributed by atoms with Crippen molar-refractivity contribution < 1.29 is 9.59 Å². The monoisotopic (exact) mass is 425 g/mol. The molecule has 2 aromatic heterocycles. The van der Waals surface area contributed by atoms with Crippen LogP contribution in [-0.4, -0.2) is 26.9 Å². The van der Waals surface area contributed by atoms with Crippen LogP contribution in [0.3, 0.4) is 0 Å². The number of carbonyl (C=O) groups is 2. The number of thioether (sulfide) groups is 1. The SMILES string of the molecule is CCC(Sc1ncnc2sc3c(c12)CCCC3)C(=O)Nc1ccc(C(C)=O)cc1. The van der Waals surface area contributed by atoms with Gasteiger partial charge in [-0.3, -0.25) is 9.59 Å². The Hall–Kier alpha value is -2.25. The molecule has 150 valence electrons. The van der Waals surface area contributed by atoms with Crippen molar-refractivity contribution in [1.82, 2.24) is 9.97 Å². The zero-order valence-corrected chi connectivity index (χ0v) is 18.2. The number of hydrogen-bond donors (Lipinski definition) is 1. The second-order valence-corrected chi connectivity index (χ2v) is 9.48. The summed E-state index contributed by atoms with van der Waals surface area (Å²) in [6.07, 6.45) is 6.93. The largest absolute Gasteiger partial charge is 0.325 e. The summed E-state index contributed by atoms with van der Waals surface area (Å²) in [5, 5.41) is 4.77. The Balaban J connectivity index is 1.55. The molecule has 1 amide bonds. The van der Waals surface area contributed by atoms with Crippen LogP contribution in [0, 0.1) is 0 Å². The lowest BCUT2D eigenvalue weighted by atomic mass is 9.97. The number of ketones is 1. The third kappa shape index (κ3) is 4.21. The third-order valence-corrected chi connectivity index (χ3v) is 7.76. The van der Waals surface area contributed by atoms with E-state index in [-0.39, 0.29) is 16.9 Å². The average Bonchev–Trinajstić information content (AvgIpc) is 3.11. The fourth-order valence-electron chi connectivity index (χ4n) is 3.62. The topological polar surface area (TPSA) is 72.0 Å². The molecule has 5 nitrogen and oxygen atoms in total. The summed E-state index contributed by atoms with van der Waals surface area (Å²) < 4.78 is 0. The normalized spacial score (nSPS) is 14.4. The van der Waals surface area contributed by atoms with Crippen molar-refractivity contribution >= 4 is 50.7 Å². The van der Waals surface area contributed by atoms with Crippen LogP contribution < -0.4 is 5.32 Å². The molecule has 0 fully saturated rings. The van der Waals surface area contributed by atoms with E-state index in [1.54, 1.807) is 41.9 Å². The summed E-state index contributed by atoms with van der Waals surface area (Å²) in [6.45, 7) is 3.54. The van der Waals surface area contributed by atoms with Crippen molar-refractivity contribution in [3.05, 3.63) is 46.6 Å². The van der Waals surface area contributed by atoms with Gasteiger partial charge in [0, 0.05) is 21.5 Å². The van der Waals surface area contributed by atoms with E-state index in [1.807, 2.05) is 6.92 Å². The van der Waals surface area contributed by atoms with Gasteiger partial charge in [-0.2, -0.15) is 0 Å². The number of rotatable bonds is 6. The Morgan fingerprint density at radius 2 is 1.93 bits per heavy atom. The lowest BCUT2D eigenvalue weighted by molar-refractivity contribution is -0.115. The number of aryl methyl sites for hydroxylation is 2. The van der Waals surface area contributed by atoms with E-state index in [9.17, 15) is 9.59 Å². The number of benzene rings is 1. The first-order chi connectivity index (χ1) is 14.1. The van der Waals surface area contributed by atoms with Gasteiger partial charge in [0.25, 0.3) is 0 Å². The number of nitrogens with one attached hydrogen (secondary N) is 1. The van der Waals surface area contributed by atoms with Crippen molar-refractivity contribution in [3.63, 3.8) is 0 Å². The van der Waals surface area contributed by atoms with Crippen LogP contribution in [0.25, 0.3) is 10.2 Å². The molecule has 1 unspecified atom stereocenters. The van der Waals surface area contributed by atoms with E-state index < -0.39 is 0 Å². The van der Waals surface area contributed by atoms with Gasteiger partial charge in [-0.25, -0.2) is 9.97 Å². The number of anilines is 1. The fraction of sp³-hybridized carbons (Fsp3) is 0.364. The number of carbonyl (C=O) groups excluding carboxylic acids is 2. The van der Waals surface area contributed by atoms with Crippen molar-refractivity contribution in [2.45, 2.75) is 56.2 Å². The zero-order valence-electron chi connectivity index (χ0n) is 16.5. The van der Waals surface area contributed by atoms with Crippen LogP contribution in [0.1, 0.15) is 53.9 Å². The van der Waals surface area contributed by atoms with Gasteiger partial charge in [0.15, 0.2) is 5.78 Å². The van der Waals surface area contributed by atoms with Gasteiger partial charge >= 0.3 is 0 Å². The Labute approximate surface area is 178 Å². The molecule has 0 spiro atoms. The minimum atomic E-state index is -0.250. The number of aromatic nitrogens is 2. The zero-order chi connectivity index (χ0) is 20.4. The predicted molar refractivity (Wildman–Crippen MR) is 119 cm³/mol. The second-order valence-electron chi connectivity index (χ2n) is 7.21. The summed E-state index contributed by atoms with van der Waals surface area (Å²) in [5.74, 6) is -0.0410. The van der Waals surface area contributed by atoms with Gasteiger partial charge in [-0.15, -0.1) is 11.3 Å². The molecule has 7 heteroatoms.